The molecule has 0 aliphatic carbocycles. The molecular formula is C21H16BrFN2O4. The maximum atomic E-state index is 13.2. The Hall–Kier alpha value is -3.26. The van der Waals surface area contributed by atoms with Gasteiger partial charge in [0.15, 0.2) is 0 Å². The summed E-state index contributed by atoms with van der Waals surface area (Å²) in [4.78, 5) is 38.2. The van der Waals surface area contributed by atoms with Gasteiger partial charge in [0, 0.05) is 0 Å². The van der Waals surface area contributed by atoms with Gasteiger partial charge in [-0.2, -0.15) is 0 Å². The molecule has 4 amide bonds. The molecule has 2 aromatic carbocycles. The Labute approximate surface area is 174 Å². The van der Waals surface area contributed by atoms with Crippen LogP contribution in [0.15, 0.2) is 59.1 Å². The Balaban J connectivity index is 2.04. The predicted octanol–water partition coefficient (Wildman–Crippen LogP) is 3.99. The first-order chi connectivity index (χ1) is 13.8. The second-order valence-electron chi connectivity index (χ2n) is 6.12. The van der Waals surface area contributed by atoms with Crippen LogP contribution in [0.4, 0.5) is 14.9 Å². The van der Waals surface area contributed by atoms with Crippen LogP contribution >= 0.6 is 15.9 Å². The number of nitrogens with zero attached hydrogens (tertiary/aromatic N) is 1. The van der Waals surface area contributed by atoms with Crippen molar-refractivity contribution >= 4 is 45.5 Å². The summed E-state index contributed by atoms with van der Waals surface area (Å²) in [5.41, 5.74) is 1.28. The lowest BCUT2D eigenvalue weighted by atomic mass is 10.0. The second-order valence-corrected chi connectivity index (χ2v) is 6.98. The Morgan fingerprint density at radius 2 is 1.90 bits per heavy atom. The van der Waals surface area contributed by atoms with Crippen LogP contribution in [0.3, 0.4) is 0 Å². The number of methoxy groups -OCH3 is 1. The Bertz CT molecular complexity index is 1050. The molecule has 1 aliphatic heterocycles. The third-order valence-corrected chi connectivity index (χ3v) is 4.80. The molecule has 1 fully saturated rings. The van der Waals surface area contributed by atoms with Crippen molar-refractivity contribution in [2.45, 2.75) is 6.42 Å². The van der Waals surface area contributed by atoms with Crippen molar-refractivity contribution in [2.75, 3.05) is 12.0 Å². The lowest BCUT2D eigenvalue weighted by Gasteiger charge is -2.26. The van der Waals surface area contributed by atoms with Gasteiger partial charge in [-0.25, -0.2) is 14.1 Å². The predicted molar refractivity (Wildman–Crippen MR) is 110 cm³/mol. The molecule has 1 saturated heterocycles. The number of imide groups is 2. The number of rotatable bonds is 5. The van der Waals surface area contributed by atoms with E-state index in [4.69, 9.17) is 4.74 Å². The largest absolute Gasteiger partial charge is 0.495 e. The zero-order valence-corrected chi connectivity index (χ0v) is 17.0. The summed E-state index contributed by atoms with van der Waals surface area (Å²) in [6.45, 7) is 3.71. The van der Waals surface area contributed by atoms with Crippen LogP contribution in [-0.2, 0) is 16.0 Å². The first-order valence-corrected chi connectivity index (χ1v) is 9.29. The van der Waals surface area contributed by atoms with Gasteiger partial charge in [0.2, 0.25) is 0 Å². The number of nitrogens with one attached hydrogen (secondary N) is 1. The number of ether oxygens (including phenoxy) is 1. The van der Waals surface area contributed by atoms with Crippen LogP contribution in [-0.4, -0.2) is 25.0 Å². The summed E-state index contributed by atoms with van der Waals surface area (Å²) in [6, 6.07) is 7.37. The molecule has 3 rings (SSSR count). The highest BCUT2D eigenvalue weighted by Crippen LogP contribution is 2.32. The number of carbonyl (C=O) groups excluding carboxylic acids is 3. The molecular weight excluding hydrogens is 443 g/mol. The summed E-state index contributed by atoms with van der Waals surface area (Å²) < 4.78 is 19.2. The van der Waals surface area contributed by atoms with Crippen LogP contribution in [0.25, 0.3) is 6.08 Å². The first kappa shape index (κ1) is 20.5. The maximum absolute atomic E-state index is 13.2. The number of hydrogen-bond acceptors (Lipinski definition) is 4. The van der Waals surface area contributed by atoms with Gasteiger partial charge in [-0.1, -0.05) is 6.08 Å². The molecule has 0 radical (unpaired) electrons. The van der Waals surface area contributed by atoms with Crippen molar-refractivity contribution in [3.05, 3.63) is 76.0 Å². The number of benzene rings is 2. The van der Waals surface area contributed by atoms with Gasteiger partial charge in [-0.3, -0.25) is 14.9 Å². The minimum atomic E-state index is -0.896. The van der Waals surface area contributed by atoms with Gasteiger partial charge in [-0.15, -0.1) is 6.58 Å². The van der Waals surface area contributed by atoms with Gasteiger partial charge in [-0.05, 0) is 76.0 Å². The monoisotopic (exact) mass is 458 g/mol. The Kier molecular flexibility index (Phi) is 5.93. The summed E-state index contributed by atoms with van der Waals surface area (Å²) >= 11 is 3.41. The van der Waals surface area contributed by atoms with Gasteiger partial charge in [0.05, 0.1) is 17.3 Å². The number of carbonyl (C=O) groups is 3. The number of hydrogen-bond donors (Lipinski definition) is 1. The summed E-state index contributed by atoms with van der Waals surface area (Å²) in [6.07, 6.45) is 3.60. The smallest absolute Gasteiger partial charge is 0.335 e. The fourth-order valence-corrected chi connectivity index (χ4v) is 3.62. The zero-order valence-electron chi connectivity index (χ0n) is 15.4. The van der Waals surface area contributed by atoms with Crippen LogP contribution < -0.4 is 15.0 Å². The van der Waals surface area contributed by atoms with Crippen molar-refractivity contribution in [1.29, 1.82) is 0 Å². The number of allylic oxidation sites excluding steroid dienone is 1. The van der Waals surface area contributed by atoms with E-state index in [1.807, 2.05) is 0 Å². The highest BCUT2D eigenvalue weighted by atomic mass is 79.9. The lowest BCUT2D eigenvalue weighted by molar-refractivity contribution is -0.122. The molecule has 1 heterocycles. The minimum Gasteiger partial charge on any atom is -0.495 e. The van der Waals surface area contributed by atoms with Gasteiger partial charge in [0.25, 0.3) is 11.8 Å². The van der Waals surface area contributed by atoms with Crippen molar-refractivity contribution in [2.24, 2.45) is 0 Å². The molecule has 0 saturated carbocycles. The van der Waals surface area contributed by atoms with Crippen molar-refractivity contribution < 1.29 is 23.5 Å². The third-order valence-electron chi connectivity index (χ3n) is 4.21. The average molecular weight is 459 g/mol. The third kappa shape index (κ3) is 4.12. The topological polar surface area (TPSA) is 75.7 Å². The fourth-order valence-electron chi connectivity index (χ4n) is 2.94. The first-order valence-electron chi connectivity index (χ1n) is 8.50. The van der Waals surface area contributed by atoms with Gasteiger partial charge >= 0.3 is 6.03 Å². The van der Waals surface area contributed by atoms with Gasteiger partial charge < -0.3 is 4.74 Å². The highest BCUT2D eigenvalue weighted by Gasteiger charge is 2.36. The molecule has 1 N–H and O–H groups in total. The molecule has 8 heteroatoms. The van der Waals surface area contributed by atoms with E-state index in [0.717, 1.165) is 22.6 Å². The molecule has 0 spiro atoms. The van der Waals surface area contributed by atoms with Crippen LogP contribution in [0.5, 0.6) is 5.75 Å². The van der Waals surface area contributed by atoms with Crippen molar-refractivity contribution in [1.82, 2.24) is 5.32 Å². The van der Waals surface area contributed by atoms with Crippen LogP contribution in [0.1, 0.15) is 11.1 Å². The lowest BCUT2D eigenvalue weighted by Crippen LogP contribution is -2.54. The second kappa shape index (κ2) is 8.40. The van der Waals surface area contributed by atoms with Crippen LogP contribution in [0, 0.1) is 5.82 Å². The van der Waals surface area contributed by atoms with Crippen molar-refractivity contribution in [3.8, 4) is 5.75 Å². The normalized spacial score (nSPS) is 15.5. The molecule has 29 heavy (non-hydrogen) atoms. The number of barbiturate groups is 1. The number of anilines is 1. The number of amides is 4. The van der Waals surface area contributed by atoms with E-state index < -0.39 is 23.7 Å². The SMILES string of the molecule is C=CCc1cc(/C=C2\C(=O)NC(=O)N(c3ccc(F)cc3)C2=O)cc(Br)c1OC. The van der Waals surface area contributed by atoms with E-state index in [1.54, 1.807) is 18.2 Å². The average Bonchev–Trinajstić information content (AvgIpc) is 2.67. The quantitative estimate of drug-likeness (QED) is 0.417. The maximum Gasteiger partial charge on any atom is 0.335 e. The number of halogens is 2. The molecule has 0 aromatic heterocycles. The fraction of sp³-hybridized carbons (Fsp3) is 0.0952. The van der Waals surface area contributed by atoms with E-state index in [-0.39, 0.29) is 11.3 Å². The van der Waals surface area contributed by atoms with Crippen molar-refractivity contribution in [3.63, 3.8) is 0 Å². The van der Waals surface area contributed by atoms with Crippen LogP contribution in [0.2, 0.25) is 0 Å². The van der Waals surface area contributed by atoms with E-state index in [2.05, 4.69) is 27.8 Å². The molecule has 2 aromatic rings. The Morgan fingerprint density at radius 3 is 2.52 bits per heavy atom. The minimum absolute atomic E-state index is 0.149. The molecule has 0 atom stereocenters. The summed E-state index contributed by atoms with van der Waals surface area (Å²) in [5.74, 6) is -1.50. The van der Waals surface area contributed by atoms with E-state index in [1.165, 1.54) is 25.3 Å². The standard InChI is InChI=1S/C21H16BrFN2O4/c1-3-4-13-9-12(11-17(22)18(13)29-2)10-16-19(26)24-21(28)25(20(16)27)15-7-5-14(23)6-8-15/h3,5-11H,1,4H2,2H3,(H,24,26,28)/b16-10+. The molecule has 0 unspecified atom stereocenters. The Morgan fingerprint density at radius 1 is 1.21 bits per heavy atom. The van der Waals surface area contributed by atoms with E-state index >= 15 is 0 Å². The highest BCUT2D eigenvalue weighted by molar-refractivity contribution is 9.10. The molecule has 148 valence electrons. The van der Waals surface area contributed by atoms with E-state index in [9.17, 15) is 18.8 Å². The molecule has 6 nitrogen and oxygen atoms in total. The van der Waals surface area contributed by atoms with Gasteiger partial charge in [0.1, 0.15) is 17.1 Å². The zero-order chi connectivity index (χ0) is 21.1. The summed E-state index contributed by atoms with van der Waals surface area (Å²) in [7, 11) is 1.54. The van der Waals surface area contributed by atoms with E-state index in [0.29, 0.717) is 22.2 Å². The molecule has 1 aliphatic rings. The number of urea groups is 1. The molecule has 0 bridgehead atoms. The summed E-state index contributed by atoms with van der Waals surface area (Å²) in [5, 5.41) is 2.13.